The summed E-state index contributed by atoms with van der Waals surface area (Å²) in [6.07, 6.45) is 6.11. The smallest absolute Gasteiger partial charge is 0.233 e. The van der Waals surface area contributed by atoms with Crippen LogP contribution in [0.2, 0.25) is 0 Å². The van der Waals surface area contributed by atoms with Gasteiger partial charge >= 0.3 is 0 Å². The molecule has 4 nitrogen and oxygen atoms in total. The molecule has 6 heteroatoms. The van der Waals surface area contributed by atoms with E-state index in [1.54, 1.807) is 11.8 Å². The molecule has 0 spiro atoms. The lowest BCUT2D eigenvalue weighted by molar-refractivity contribution is -0.133. The van der Waals surface area contributed by atoms with Crippen LogP contribution < -0.4 is 0 Å². The zero-order valence-corrected chi connectivity index (χ0v) is 17.4. The number of thioether (sulfide) groups is 1. The molecule has 1 heterocycles. The van der Waals surface area contributed by atoms with Crippen molar-refractivity contribution in [3.8, 4) is 0 Å². The molecule has 1 aliphatic carbocycles. The lowest BCUT2D eigenvalue weighted by Gasteiger charge is -2.38. The summed E-state index contributed by atoms with van der Waals surface area (Å²) in [5.41, 5.74) is 2.48. The van der Waals surface area contributed by atoms with Crippen LogP contribution in [-0.4, -0.2) is 48.6 Å². The number of carbonyl (C=O) groups excluding carboxylic acids is 1. The molecular formula is C20H29NO3S2. The largest absolute Gasteiger partial charge is 0.335 e. The lowest BCUT2D eigenvalue weighted by atomic mass is 9.93. The number of hydrogen-bond donors (Lipinski definition) is 0. The second-order valence-corrected chi connectivity index (χ2v) is 11.0. The molecule has 1 saturated carbocycles. The first-order valence-corrected chi connectivity index (χ1v) is 12.4. The zero-order valence-electron chi connectivity index (χ0n) is 15.7. The summed E-state index contributed by atoms with van der Waals surface area (Å²) >= 11 is 1.56. The molecule has 1 amide bonds. The molecule has 3 rings (SSSR count). The van der Waals surface area contributed by atoms with Gasteiger partial charge in [-0.1, -0.05) is 25.3 Å². The van der Waals surface area contributed by atoms with E-state index < -0.39 is 9.84 Å². The van der Waals surface area contributed by atoms with Crippen molar-refractivity contribution in [1.29, 1.82) is 0 Å². The van der Waals surface area contributed by atoms with Gasteiger partial charge in [-0.15, -0.1) is 11.8 Å². The van der Waals surface area contributed by atoms with Crippen LogP contribution in [0.1, 0.15) is 49.7 Å². The number of hydrogen-bond acceptors (Lipinski definition) is 4. The first kappa shape index (κ1) is 19.7. The van der Waals surface area contributed by atoms with Gasteiger partial charge in [0.25, 0.3) is 0 Å². The fourth-order valence-electron chi connectivity index (χ4n) is 4.08. The molecule has 1 saturated heterocycles. The van der Waals surface area contributed by atoms with Crippen molar-refractivity contribution in [2.45, 2.75) is 69.4 Å². The van der Waals surface area contributed by atoms with E-state index in [1.165, 1.54) is 17.5 Å². The zero-order chi connectivity index (χ0) is 18.7. The Hall–Kier alpha value is -1.01. The van der Waals surface area contributed by atoms with E-state index in [-0.39, 0.29) is 29.5 Å². The summed E-state index contributed by atoms with van der Waals surface area (Å²) in [6, 6.07) is 6.36. The Kier molecular flexibility index (Phi) is 6.33. The normalized spacial score (nSPS) is 23.1. The highest BCUT2D eigenvalue weighted by Gasteiger charge is 2.38. The fraction of sp³-hybridized carbons (Fsp3) is 0.650. The third-order valence-electron chi connectivity index (χ3n) is 5.70. The number of rotatable bonds is 5. The maximum absolute atomic E-state index is 13.1. The van der Waals surface area contributed by atoms with E-state index in [4.69, 9.17) is 0 Å². The summed E-state index contributed by atoms with van der Waals surface area (Å²) in [7, 11) is -2.99. The number of nitrogens with zero attached hydrogens (tertiary/aromatic N) is 1. The number of benzene rings is 1. The number of sulfone groups is 1. The van der Waals surface area contributed by atoms with Crippen LogP contribution in [0.3, 0.4) is 0 Å². The van der Waals surface area contributed by atoms with Gasteiger partial charge in [0.1, 0.15) is 0 Å². The van der Waals surface area contributed by atoms with E-state index in [2.05, 4.69) is 32.0 Å². The van der Waals surface area contributed by atoms with Crippen LogP contribution >= 0.6 is 11.8 Å². The van der Waals surface area contributed by atoms with E-state index in [0.717, 1.165) is 30.6 Å². The van der Waals surface area contributed by atoms with Gasteiger partial charge in [0.2, 0.25) is 5.91 Å². The van der Waals surface area contributed by atoms with Crippen molar-refractivity contribution >= 4 is 27.5 Å². The minimum Gasteiger partial charge on any atom is -0.335 e. The molecule has 0 bridgehead atoms. The molecule has 144 valence electrons. The molecule has 1 atom stereocenters. The van der Waals surface area contributed by atoms with Gasteiger partial charge in [-0.25, -0.2) is 8.42 Å². The topological polar surface area (TPSA) is 54.5 Å². The minimum atomic E-state index is -2.99. The highest BCUT2D eigenvalue weighted by molar-refractivity contribution is 8.00. The van der Waals surface area contributed by atoms with Crippen LogP contribution in [0.5, 0.6) is 0 Å². The summed E-state index contributed by atoms with van der Waals surface area (Å²) in [5.74, 6) is 0.847. The van der Waals surface area contributed by atoms with Crippen molar-refractivity contribution in [3.05, 3.63) is 29.3 Å². The predicted octanol–water partition coefficient (Wildman–Crippen LogP) is 3.74. The van der Waals surface area contributed by atoms with Crippen LogP contribution in [0, 0.1) is 13.8 Å². The Morgan fingerprint density at radius 1 is 1.08 bits per heavy atom. The summed E-state index contributed by atoms with van der Waals surface area (Å²) in [6.45, 7) is 4.17. The molecule has 2 aliphatic rings. The minimum absolute atomic E-state index is 0.0993. The second kappa shape index (κ2) is 8.34. The summed E-state index contributed by atoms with van der Waals surface area (Å²) in [4.78, 5) is 16.1. The van der Waals surface area contributed by atoms with Crippen molar-refractivity contribution in [2.24, 2.45) is 0 Å². The van der Waals surface area contributed by atoms with Crippen LogP contribution in [0.4, 0.5) is 0 Å². The molecule has 2 fully saturated rings. The predicted molar refractivity (Wildman–Crippen MR) is 107 cm³/mol. The Balaban J connectivity index is 1.70. The number of aryl methyl sites for hydroxylation is 2. The average Bonchev–Trinajstić information content (AvgIpc) is 2.96. The monoisotopic (exact) mass is 395 g/mol. The van der Waals surface area contributed by atoms with Gasteiger partial charge in [-0.05, 0) is 56.4 Å². The molecule has 0 radical (unpaired) electrons. The van der Waals surface area contributed by atoms with Gasteiger partial charge < -0.3 is 4.90 Å². The molecule has 1 aromatic rings. The van der Waals surface area contributed by atoms with Crippen LogP contribution in [0.25, 0.3) is 0 Å². The molecule has 0 unspecified atom stereocenters. The summed E-state index contributed by atoms with van der Waals surface area (Å²) < 4.78 is 23.9. The van der Waals surface area contributed by atoms with Gasteiger partial charge in [-0.3, -0.25) is 4.79 Å². The van der Waals surface area contributed by atoms with Crippen LogP contribution in [-0.2, 0) is 14.6 Å². The van der Waals surface area contributed by atoms with E-state index in [0.29, 0.717) is 12.2 Å². The molecular weight excluding hydrogens is 366 g/mol. The second-order valence-electron chi connectivity index (χ2n) is 7.68. The lowest BCUT2D eigenvalue weighted by Crippen LogP contribution is -2.49. The Morgan fingerprint density at radius 3 is 2.42 bits per heavy atom. The standard InChI is InChI=1S/C20H29NO3S2/c1-15-8-9-19(12-16(15)2)25-13-20(22)21(17-6-4-3-5-7-17)18-10-11-26(23,24)14-18/h8-9,12,17-18H,3-7,10-11,13-14H2,1-2H3/t18-/m0/s1. The molecule has 26 heavy (non-hydrogen) atoms. The first-order valence-electron chi connectivity index (χ1n) is 9.57. The van der Waals surface area contributed by atoms with Crippen molar-refractivity contribution in [1.82, 2.24) is 4.90 Å². The van der Waals surface area contributed by atoms with Gasteiger partial charge in [0.05, 0.1) is 17.3 Å². The third-order valence-corrected chi connectivity index (χ3v) is 8.43. The Morgan fingerprint density at radius 2 is 1.81 bits per heavy atom. The summed E-state index contributed by atoms with van der Waals surface area (Å²) in [5, 5.41) is 0. The Bertz CT molecular complexity index is 754. The SMILES string of the molecule is Cc1ccc(SCC(=O)N(C2CCCCC2)[C@H]2CCS(=O)(=O)C2)cc1C. The molecule has 0 aromatic heterocycles. The maximum Gasteiger partial charge on any atom is 0.233 e. The van der Waals surface area contributed by atoms with Crippen molar-refractivity contribution in [2.75, 3.05) is 17.3 Å². The maximum atomic E-state index is 13.1. The van der Waals surface area contributed by atoms with Crippen LogP contribution in [0.15, 0.2) is 23.1 Å². The van der Waals surface area contributed by atoms with E-state index >= 15 is 0 Å². The molecule has 1 aromatic carbocycles. The van der Waals surface area contributed by atoms with Gasteiger partial charge in [-0.2, -0.15) is 0 Å². The van der Waals surface area contributed by atoms with E-state index in [1.807, 2.05) is 4.90 Å². The van der Waals surface area contributed by atoms with Crippen molar-refractivity contribution in [3.63, 3.8) is 0 Å². The van der Waals surface area contributed by atoms with Gasteiger partial charge in [0, 0.05) is 17.0 Å². The Labute approximate surface area is 161 Å². The first-order chi connectivity index (χ1) is 12.4. The quantitative estimate of drug-likeness (QED) is 0.713. The highest BCUT2D eigenvalue weighted by atomic mass is 32.2. The van der Waals surface area contributed by atoms with Gasteiger partial charge in [0.15, 0.2) is 9.84 Å². The van der Waals surface area contributed by atoms with E-state index in [9.17, 15) is 13.2 Å². The fourth-order valence-corrected chi connectivity index (χ4v) is 6.66. The number of amides is 1. The average molecular weight is 396 g/mol. The highest BCUT2D eigenvalue weighted by Crippen LogP contribution is 2.30. The third kappa shape index (κ3) is 4.83. The molecule has 0 N–H and O–H groups in total. The number of carbonyl (C=O) groups is 1. The molecule has 1 aliphatic heterocycles. The van der Waals surface area contributed by atoms with Crippen molar-refractivity contribution < 1.29 is 13.2 Å².